The number of carbonyl (C=O) groups excluding carboxylic acids is 1. The predicted octanol–water partition coefficient (Wildman–Crippen LogP) is 5.46. The van der Waals surface area contributed by atoms with E-state index in [1.807, 2.05) is 20.9 Å². The highest BCUT2D eigenvalue weighted by atomic mass is 79.9. The number of pyridine rings is 1. The van der Waals surface area contributed by atoms with Crippen molar-refractivity contribution in [2.75, 3.05) is 25.6 Å². The number of aromatic nitrogens is 3. The number of methoxy groups -OCH3 is 1. The van der Waals surface area contributed by atoms with Gasteiger partial charge in [0.1, 0.15) is 5.69 Å². The Morgan fingerprint density at radius 1 is 1.24 bits per heavy atom. The molecule has 0 radical (unpaired) electrons. The van der Waals surface area contributed by atoms with Gasteiger partial charge in [0.05, 0.1) is 41.2 Å². The molecular weight excluding hydrogens is 542 g/mol. The molecule has 1 aromatic carbocycles. The Bertz CT molecular complexity index is 1320. The average Bonchev–Trinajstić information content (AvgIpc) is 3.42. The van der Waals surface area contributed by atoms with Crippen LogP contribution in [0.25, 0.3) is 11.3 Å². The van der Waals surface area contributed by atoms with E-state index in [1.54, 1.807) is 28.9 Å². The molecule has 37 heavy (non-hydrogen) atoms. The average molecular weight is 572 g/mol. The zero-order valence-corrected chi connectivity index (χ0v) is 22.9. The Labute approximate surface area is 223 Å². The van der Waals surface area contributed by atoms with Gasteiger partial charge in [-0.25, -0.2) is 9.48 Å². The number of halogens is 1. The van der Waals surface area contributed by atoms with E-state index in [9.17, 15) is 14.9 Å². The van der Waals surface area contributed by atoms with E-state index in [1.165, 1.54) is 13.2 Å². The summed E-state index contributed by atoms with van der Waals surface area (Å²) in [5, 5.41) is 19.1. The minimum Gasteiger partial charge on any atom is -0.477 e. The van der Waals surface area contributed by atoms with E-state index in [0.29, 0.717) is 53.5 Å². The molecule has 0 amide bonds. The number of hydrogen-bond donors (Lipinski definition) is 1. The van der Waals surface area contributed by atoms with E-state index in [0.717, 1.165) is 35.0 Å². The molecule has 0 saturated heterocycles. The van der Waals surface area contributed by atoms with Gasteiger partial charge in [0, 0.05) is 29.8 Å². The molecule has 1 aliphatic carbocycles. The van der Waals surface area contributed by atoms with Gasteiger partial charge in [-0.3, -0.25) is 15.1 Å². The lowest BCUT2D eigenvalue weighted by molar-refractivity contribution is -0.384. The van der Waals surface area contributed by atoms with E-state index >= 15 is 0 Å². The molecule has 11 heteroatoms. The van der Waals surface area contributed by atoms with Crippen LogP contribution in [0, 0.1) is 35.8 Å². The first-order valence-electron chi connectivity index (χ1n) is 12.1. The maximum Gasteiger partial charge on any atom is 0.337 e. The Morgan fingerprint density at radius 2 is 2.00 bits per heavy atom. The van der Waals surface area contributed by atoms with Crippen LogP contribution in [0.3, 0.4) is 0 Å². The van der Waals surface area contributed by atoms with Crippen LogP contribution >= 0.6 is 15.9 Å². The van der Waals surface area contributed by atoms with Gasteiger partial charge in [0.15, 0.2) is 0 Å². The monoisotopic (exact) mass is 571 g/mol. The fourth-order valence-corrected chi connectivity index (χ4v) is 5.27. The molecule has 3 aromatic rings. The van der Waals surface area contributed by atoms with E-state index in [2.05, 4.69) is 31.3 Å². The first kappa shape index (κ1) is 26.6. The predicted molar refractivity (Wildman–Crippen MR) is 143 cm³/mol. The first-order valence-corrected chi connectivity index (χ1v) is 12.9. The van der Waals surface area contributed by atoms with Crippen molar-refractivity contribution in [2.24, 2.45) is 18.9 Å². The molecule has 2 aromatic heterocycles. The van der Waals surface area contributed by atoms with Crippen molar-refractivity contribution >= 4 is 33.3 Å². The van der Waals surface area contributed by atoms with Crippen LogP contribution in [-0.2, 0) is 11.8 Å². The minimum absolute atomic E-state index is 0.0697. The molecule has 2 heterocycles. The molecule has 1 fully saturated rings. The molecule has 1 aliphatic rings. The maximum atomic E-state index is 12.1. The van der Waals surface area contributed by atoms with Gasteiger partial charge >= 0.3 is 5.97 Å². The van der Waals surface area contributed by atoms with Crippen LogP contribution < -0.4 is 10.1 Å². The van der Waals surface area contributed by atoms with Crippen molar-refractivity contribution in [3.63, 3.8) is 0 Å². The van der Waals surface area contributed by atoms with Crippen molar-refractivity contribution in [3.05, 3.63) is 61.9 Å². The maximum absolute atomic E-state index is 12.1. The smallest absolute Gasteiger partial charge is 0.337 e. The third-order valence-electron chi connectivity index (χ3n) is 6.64. The molecule has 4 rings (SSSR count). The van der Waals surface area contributed by atoms with E-state index in [-0.39, 0.29) is 10.6 Å². The van der Waals surface area contributed by atoms with Crippen LogP contribution in [0.2, 0.25) is 0 Å². The van der Waals surface area contributed by atoms with Gasteiger partial charge in [-0.15, -0.1) is 0 Å². The fraction of sp³-hybridized carbons (Fsp3) is 0.423. The molecule has 10 nitrogen and oxygen atoms in total. The SMILES string of the molecule is COC(=O)c1cc(C)nc(-c2c(C)nn(C)c2OC[C@H]2CC[C@@H](CNc3cc(Br)ccc3[N+](=O)[O-])C2)c1. The zero-order valence-electron chi connectivity index (χ0n) is 21.3. The minimum atomic E-state index is -0.422. The molecule has 0 aliphatic heterocycles. The number of esters is 1. The normalized spacial score (nSPS) is 17.0. The lowest BCUT2D eigenvalue weighted by Crippen LogP contribution is -2.15. The summed E-state index contributed by atoms with van der Waals surface area (Å²) < 4.78 is 13.7. The number of hydrogen-bond acceptors (Lipinski definition) is 8. The summed E-state index contributed by atoms with van der Waals surface area (Å²) in [4.78, 5) is 27.7. The number of nitrogens with zero attached hydrogens (tertiary/aromatic N) is 4. The Kier molecular flexibility index (Phi) is 8.11. The number of ether oxygens (including phenoxy) is 2. The number of carbonyl (C=O) groups is 1. The molecule has 0 spiro atoms. The second kappa shape index (κ2) is 11.3. The summed E-state index contributed by atoms with van der Waals surface area (Å²) in [7, 11) is 3.18. The fourth-order valence-electron chi connectivity index (χ4n) is 4.91. The molecule has 1 N–H and O–H groups in total. The van der Waals surface area contributed by atoms with Gasteiger partial charge in [-0.05, 0) is 69.2 Å². The summed E-state index contributed by atoms with van der Waals surface area (Å²) in [5.74, 6) is 0.928. The highest BCUT2D eigenvalue weighted by molar-refractivity contribution is 9.10. The first-order chi connectivity index (χ1) is 17.7. The van der Waals surface area contributed by atoms with Crippen LogP contribution in [0.4, 0.5) is 11.4 Å². The van der Waals surface area contributed by atoms with Gasteiger partial charge in [0.25, 0.3) is 5.69 Å². The number of nitro groups is 1. The summed E-state index contributed by atoms with van der Waals surface area (Å²) in [5.41, 5.74) is 3.85. The van der Waals surface area contributed by atoms with Crippen molar-refractivity contribution in [1.82, 2.24) is 14.8 Å². The Hall–Kier alpha value is -3.47. The summed E-state index contributed by atoms with van der Waals surface area (Å²) in [6.07, 6.45) is 2.98. The standard InChI is InChI=1S/C26H30BrN5O5/c1-15-9-19(26(33)36-4)11-22(29-15)24-16(2)30-31(3)25(24)37-14-18-6-5-17(10-18)13-28-21-12-20(27)7-8-23(21)32(34)35/h7-9,11-12,17-18,28H,5-6,10,13-14H2,1-4H3/t17-,18+/m1/s1. The quantitative estimate of drug-likeness (QED) is 0.204. The van der Waals surface area contributed by atoms with Gasteiger partial charge in [-0.1, -0.05) is 15.9 Å². The van der Waals surface area contributed by atoms with Gasteiger partial charge in [-0.2, -0.15) is 5.10 Å². The highest BCUT2D eigenvalue weighted by Gasteiger charge is 2.27. The van der Waals surface area contributed by atoms with Crippen LogP contribution in [-0.4, -0.2) is 45.9 Å². The van der Waals surface area contributed by atoms with Crippen molar-refractivity contribution < 1.29 is 19.2 Å². The second-order valence-corrected chi connectivity index (χ2v) is 10.3. The van der Waals surface area contributed by atoms with Crippen LogP contribution in [0.15, 0.2) is 34.8 Å². The van der Waals surface area contributed by atoms with Gasteiger partial charge in [0.2, 0.25) is 5.88 Å². The summed E-state index contributed by atoms with van der Waals surface area (Å²) in [6, 6.07) is 8.31. The number of nitrogens with one attached hydrogen (secondary N) is 1. The summed E-state index contributed by atoms with van der Waals surface area (Å²) >= 11 is 3.39. The molecule has 196 valence electrons. The van der Waals surface area contributed by atoms with Gasteiger partial charge < -0.3 is 14.8 Å². The third kappa shape index (κ3) is 6.10. The van der Waals surface area contributed by atoms with Crippen LogP contribution in [0.5, 0.6) is 5.88 Å². The zero-order chi connectivity index (χ0) is 26.7. The Balaban J connectivity index is 1.42. The number of benzene rings is 1. The molecule has 1 saturated carbocycles. The van der Waals surface area contributed by atoms with E-state index < -0.39 is 5.97 Å². The van der Waals surface area contributed by atoms with E-state index in [4.69, 9.17) is 9.47 Å². The molecular formula is C26H30BrN5O5. The lowest BCUT2D eigenvalue weighted by Gasteiger charge is -2.15. The molecule has 0 unspecified atom stereocenters. The largest absolute Gasteiger partial charge is 0.477 e. The molecule has 2 atom stereocenters. The number of rotatable bonds is 9. The second-order valence-electron chi connectivity index (χ2n) is 9.42. The highest BCUT2D eigenvalue weighted by Crippen LogP contribution is 2.36. The Morgan fingerprint density at radius 3 is 2.73 bits per heavy atom. The summed E-state index contributed by atoms with van der Waals surface area (Å²) in [6.45, 7) is 4.91. The number of anilines is 1. The van der Waals surface area contributed by atoms with Crippen molar-refractivity contribution in [1.29, 1.82) is 0 Å². The number of nitro benzene ring substituents is 1. The molecule has 0 bridgehead atoms. The van der Waals surface area contributed by atoms with Crippen LogP contribution in [0.1, 0.15) is 41.0 Å². The number of aryl methyl sites for hydroxylation is 3. The third-order valence-corrected chi connectivity index (χ3v) is 7.14. The topological polar surface area (TPSA) is 121 Å². The van der Waals surface area contributed by atoms with Crippen molar-refractivity contribution in [3.8, 4) is 17.1 Å². The lowest BCUT2D eigenvalue weighted by atomic mass is 10.1. The van der Waals surface area contributed by atoms with Crippen molar-refractivity contribution in [2.45, 2.75) is 33.1 Å².